The summed E-state index contributed by atoms with van der Waals surface area (Å²) in [7, 11) is 1.18. The van der Waals surface area contributed by atoms with Gasteiger partial charge in [-0.1, -0.05) is 51.0 Å². The molecule has 520 valence electrons. The van der Waals surface area contributed by atoms with Crippen LogP contribution in [0, 0.1) is 39.4 Å². The molecule has 0 radical (unpaired) electrons. The second-order valence-electron chi connectivity index (χ2n) is 28.5. The minimum atomic E-state index is -2.05. The number of allylic oxidation sites excluding steroid dienone is 3. The van der Waals surface area contributed by atoms with Crippen molar-refractivity contribution in [1.82, 2.24) is 0 Å². The third-order valence-electron chi connectivity index (χ3n) is 22.5. The summed E-state index contributed by atoms with van der Waals surface area (Å²) >= 11 is 0. The second kappa shape index (κ2) is 27.0. The van der Waals surface area contributed by atoms with E-state index in [1.54, 1.807) is 0 Å². The number of cyclic esters (lactones) is 1. The van der Waals surface area contributed by atoms with Gasteiger partial charge < -0.3 is 133 Å². The Morgan fingerprint density at radius 2 is 1.18 bits per heavy atom. The van der Waals surface area contributed by atoms with E-state index >= 15 is 0 Å². The quantitative estimate of drug-likeness (QED) is 0.0368. The maximum atomic E-state index is 14.8. The first-order chi connectivity index (χ1) is 42.8. The van der Waals surface area contributed by atoms with Crippen LogP contribution in [0.4, 0.5) is 0 Å². The maximum absolute atomic E-state index is 14.8. The van der Waals surface area contributed by atoms with Crippen LogP contribution in [0.2, 0.25) is 0 Å². The van der Waals surface area contributed by atoms with Crippen molar-refractivity contribution in [3.05, 3.63) is 23.3 Å². The zero-order valence-electron chi connectivity index (χ0n) is 53.1. The average molecular weight is 1310 g/mol. The number of aliphatic hydroxyl groups is 14. The van der Waals surface area contributed by atoms with Crippen LogP contribution >= 0.6 is 0 Å². The lowest BCUT2D eigenvalue weighted by molar-refractivity contribution is -0.394. The summed E-state index contributed by atoms with van der Waals surface area (Å²) in [5, 5.41) is 156. The predicted octanol–water partition coefficient (Wildman–Crippen LogP) is -3.05. The third kappa shape index (κ3) is 12.1. The van der Waals surface area contributed by atoms with Gasteiger partial charge >= 0.3 is 11.9 Å². The smallest absolute Gasteiger partial charge is 0.316 e. The Kier molecular flexibility index (Phi) is 21.1. The minimum absolute atomic E-state index is 0.142. The van der Waals surface area contributed by atoms with Gasteiger partial charge in [0, 0.05) is 14.0 Å². The Labute approximate surface area is 527 Å². The van der Waals surface area contributed by atoms with Crippen LogP contribution in [-0.4, -0.2) is 288 Å². The first kappa shape index (κ1) is 71.2. The first-order valence-electron chi connectivity index (χ1n) is 31.9. The van der Waals surface area contributed by atoms with Crippen molar-refractivity contribution in [1.29, 1.82) is 0 Å². The van der Waals surface area contributed by atoms with Gasteiger partial charge in [0.05, 0.1) is 50.7 Å². The van der Waals surface area contributed by atoms with E-state index in [0.717, 1.165) is 11.1 Å². The van der Waals surface area contributed by atoms with Crippen molar-refractivity contribution in [3.8, 4) is 0 Å². The number of aliphatic hydroxyl groups excluding tert-OH is 14. The Morgan fingerprint density at radius 3 is 1.78 bits per heavy atom. The van der Waals surface area contributed by atoms with Gasteiger partial charge in [-0.05, 0) is 101 Å². The fraction of sp³-hybridized carbons (Fsp3) is 0.903. The lowest BCUT2D eigenvalue weighted by Crippen LogP contribution is -2.67. The van der Waals surface area contributed by atoms with E-state index in [9.17, 15) is 81.1 Å². The highest BCUT2D eigenvalue weighted by atomic mass is 16.8. The van der Waals surface area contributed by atoms with E-state index < -0.39 is 237 Å². The van der Waals surface area contributed by atoms with Crippen LogP contribution in [0.3, 0.4) is 0 Å². The lowest BCUT2D eigenvalue weighted by atomic mass is 9.40. The van der Waals surface area contributed by atoms with Crippen LogP contribution < -0.4 is 0 Å². The van der Waals surface area contributed by atoms with E-state index in [1.807, 2.05) is 33.8 Å². The highest BCUT2D eigenvalue weighted by Crippen LogP contribution is 2.76. The van der Waals surface area contributed by atoms with E-state index in [1.165, 1.54) is 21.0 Å². The first-order valence-corrected chi connectivity index (χ1v) is 31.9. The van der Waals surface area contributed by atoms with Crippen LogP contribution in [0.1, 0.15) is 107 Å². The molecule has 10 rings (SSSR count). The number of hydrogen-bond acceptors (Lipinski definition) is 29. The Hall–Kier alpha value is -2.58. The summed E-state index contributed by atoms with van der Waals surface area (Å²) in [6.07, 6.45) is -35.6. The van der Waals surface area contributed by atoms with Crippen molar-refractivity contribution in [2.45, 2.75) is 279 Å². The maximum Gasteiger partial charge on any atom is 0.316 e. The molecule has 10 aliphatic rings. The molecular formula is C62H98O29. The standard InChI is InChI=1S/C62H98O29/c1-24(2)12-11-16-61(9)51-29(82-26(4)66)19-60(8)27-13-14-34-58(5,6)36(15-17-59(34,7)28(27)18-35(67)62(51,60)57(78)91-61)87-56-50(40(71)33(23-80-56)86-53-43(74)41(72)37(68)30(20-63)83-53)90-52-44(75)42(73)47(25(3)81-52)88-55-46(77)49(39(70)32(22-65)85-55)89-54-45(76)48(79-10)38(69)31(21-64)84-54/h12,18,25,27,29-56,63-65,67-77H,11,13-17,19-23H2,1-10H3/t25-,27-,29+,30-,31-,32-,33-,34+,35+,36+,37-,38-,39-,40+,41+,42-,43-,44-,45-,46-,47-,48+,49+,50-,51-,52+,53+,54+,55+,56+,59-,60+,61+,62-/m1/s1. The summed E-state index contributed by atoms with van der Waals surface area (Å²) in [6.45, 7) is 14.1. The van der Waals surface area contributed by atoms with Crippen molar-refractivity contribution < 1.29 is 143 Å². The molecule has 34 atom stereocenters. The molecule has 0 bridgehead atoms. The van der Waals surface area contributed by atoms with Gasteiger partial charge in [-0.3, -0.25) is 9.59 Å². The molecule has 9 fully saturated rings. The van der Waals surface area contributed by atoms with Crippen molar-refractivity contribution in [2.24, 2.45) is 39.4 Å². The zero-order valence-corrected chi connectivity index (χ0v) is 53.1. The third-order valence-corrected chi connectivity index (χ3v) is 22.5. The number of carbonyl (C=O) groups excluding carboxylic acids is 2. The largest absolute Gasteiger partial charge is 0.462 e. The molecule has 4 aliphatic carbocycles. The summed E-state index contributed by atoms with van der Waals surface area (Å²) < 4.78 is 78.5. The molecule has 0 aromatic carbocycles. The number of esters is 2. The molecule has 3 saturated carbocycles. The molecular weight excluding hydrogens is 1210 g/mol. The molecule has 1 spiro atoms. The Morgan fingerprint density at radius 1 is 0.615 bits per heavy atom. The van der Waals surface area contributed by atoms with Gasteiger partial charge in [0.25, 0.3) is 0 Å². The van der Waals surface area contributed by atoms with E-state index in [-0.39, 0.29) is 11.8 Å². The van der Waals surface area contributed by atoms with Crippen LogP contribution in [0.15, 0.2) is 23.3 Å². The molecule has 0 unspecified atom stereocenters. The number of fused-ring (bicyclic) bond motifs is 4. The molecule has 0 aromatic heterocycles. The van der Waals surface area contributed by atoms with Gasteiger partial charge in [-0.15, -0.1) is 0 Å². The second-order valence-corrected chi connectivity index (χ2v) is 28.5. The fourth-order valence-corrected chi connectivity index (χ4v) is 17.8. The summed E-state index contributed by atoms with van der Waals surface area (Å²) in [6, 6.07) is 0. The molecule has 6 aliphatic heterocycles. The SMILES string of the molecule is CO[C@@H]1[C@@H](O)[C@H](O[C@@H]2[C@@H](O)[C@H](O[C@H]3[C@H](O)[C@@H](O)[C@H](O[C@H]4[C@H](O[C@H]5CC[C@]6(C)C7=C[C@H](O)[C@]89C(=O)O[C@@](C)(CCC=C(C)C)[C@H]8[C@@H](OC(C)=O)C[C@@]9(C)[C@@H]7CC[C@H]6C5(C)C)OC[C@@H](O[C@@H]5O[C@H](CO)[C@@H](O)[C@H](O)[C@H]5O)[C@@H]4O)O[C@@H]3C)O[C@H](CO)[C@H]2O)O[C@H](CO)[C@H]1O. The molecule has 0 amide bonds. The number of rotatable bonds is 18. The van der Waals surface area contributed by atoms with Gasteiger partial charge in [0.1, 0.15) is 127 Å². The highest BCUT2D eigenvalue weighted by molar-refractivity contribution is 5.85. The van der Waals surface area contributed by atoms with Gasteiger partial charge in [-0.2, -0.15) is 0 Å². The van der Waals surface area contributed by atoms with E-state index in [4.69, 9.17) is 61.6 Å². The van der Waals surface area contributed by atoms with Crippen molar-refractivity contribution >= 4 is 11.9 Å². The lowest BCUT2D eigenvalue weighted by Gasteiger charge is -2.64. The molecule has 29 nitrogen and oxygen atoms in total. The van der Waals surface area contributed by atoms with Gasteiger partial charge in [0.15, 0.2) is 31.5 Å². The number of carbonyl (C=O) groups is 2. The summed E-state index contributed by atoms with van der Waals surface area (Å²) in [4.78, 5) is 27.7. The van der Waals surface area contributed by atoms with E-state index in [0.29, 0.717) is 44.9 Å². The molecule has 6 heterocycles. The van der Waals surface area contributed by atoms with Crippen LogP contribution in [-0.2, 0) is 71.2 Å². The molecule has 91 heavy (non-hydrogen) atoms. The topological polar surface area (TPSA) is 437 Å². The number of ether oxygens (including phenoxy) is 13. The molecule has 6 saturated heterocycles. The molecule has 0 aromatic rings. The minimum Gasteiger partial charge on any atom is -0.462 e. The number of hydrogen-bond donors (Lipinski definition) is 14. The molecule has 29 heteroatoms. The summed E-state index contributed by atoms with van der Waals surface area (Å²) in [5.41, 5.74) is -2.57. The van der Waals surface area contributed by atoms with Gasteiger partial charge in [-0.25, -0.2) is 0 Å². The van der Waals surface area contributed by atoms with Gasteiger partial charge in [0.2, 0.25) is 0 Å². The summed E-state index contributed by atoms with van der Waals surface area (Å²) in [5.74, 6) is -2.00. The molecule has 14 N–H and O–H groups in total. The fourth-order valence-electron chi connectivity index (χ4n) is 17.8. The van der Waals surface area contributed by atoms with E-state index in [2.05, 4.69) is 26.8 Å². The van der Waals surface area contributed by atoms with Crippen LogP contribution in [0.25, 0.3) is 0 Å². The van der Waals surface area contributed by atoms with Crippen molar-refractivity contribution in [2.75, 3.05) is 33.5 Å². The predicted molar refractivity (Wildman–Crippen MR) is 305 cm³/mol. The zero-order chi connectivity index (χ0) is 66.5. The normalized spacial score (nSPS) is 52.0. The Bertz CT molecular complexity index is 2610. The van der Waals surface area contributed by atoms with Crippen LogP contribution in [0.5, 0.6) is 0 Å². The Balaban J connectivity index is 0.886. The van der Waals surface area contributed by atoms with Crippen molar-refractivity contribution in [3.63, 3.8) is 0 Å². The number of methoxy groups -OCH3 is 1. The monoisotopic (exact) mass is 1310 g/mol. The highest BCUT2D eigenvalue weighted by Gasteiger charge is 2.82. The average Bonchev–Trinajstić information content (AvgIpc) is 1.51.